The van der Waals surface area contributed by atoms with E-state index in [4.69, 9.17) is 10.5 Å². The lowest BCUT2D eigenvalue weighted by molar-refractivity contribution is 0.113. The van der Waals surface area contributed by atoms with Gasteiger partial charge in [0.25, 0.3) is 0 Å². The maximum absolute atomic E-state index is 9.46. The minimum absolute atomic E-state index is 0.236. The van der Waals surface area contributed by atoms with E-state index in [1.165, 1.54) is 6.33 Å². The Morgan fingerprint density at radius 1 is 1.10 bits per heavy atom. The first-order valence-corrected chi connectivity index (χ1v) is 10.6. The predicted molar refractivity (Wildman–Crippen MR) is 122 cm³/mol. The number of aliphatic hydroxyl groups is 1. The molecule has 31 heavy (non-hydrogen) atoms. The zero-order valence-corrected chi connectivity index (χ0v) is 17.5. The van der Waals surface area contributed by atoms with E-state index in [0.29, 0.717) is 24.4 Å². The number of nitrogens with two attached hydrogens (primary N) is 1. The highest BCUT2D eigenvalue weighted by Gasteiger charge is 2.33. The lowest BCUT2D eigenvalue weighted by atomic mass is 9.80. The second kappa shape index (κ2) is 8.04. The molecule has 2 heterocycles. The van der Waals surface area contributed by atoms with Crippen LogP contribution in [0.5, 0.6) is 5.75 Å². The van der Waals surface area contributed by atoms with E-state index in [2.05, 4.69) is 45.7 Å². The smallest absolute Gasteiger partial charge is 0.146 e. The van der Waals surface area contributed by atoms with Gasteiger partial charge in [0.05, 0.1) is 5.39 Å². The summed E-state index contributed by atoms with van der Waals surface area (Å²) < 4.78 is 8.32. The molecular formula is C25H26N4O2. The standard InChI is InChI=1S/C25H26N4O2/c1-16-22(19-8-5-9-21(12-19)31-14-17-6-3-2-4-7-17)23-24(26)27-15-28-25(23)29(16)20-10-18(11-20)13-30/h2-9,12,15,18,20,30H,10-11,13-14H2,1H3,(H2,26,27,28)/t18-,20+. The van der Waals surface area contributed by atoms with Gasteiger partial charge in [0.2, 0.25) is 0 Å². The van der Waals surface area contributed by atoms with E-state index in [9.17, 15) is 5.11 Å². The largest absolute Gasteiger partial charge is 0.489 e. The van der Waals surface area contributed by atoms with E-state index >= 15 is 0 Å². The predicted octanol–water partition coefficient (Wildman–Crippen LogP) is 4.51. The van der Waals surface area contributed by atoms with Gasteiger partial charge in [-0.15, -0.1) is 0 Å². The van der Waals surface area contributed by atoms with Gasteiger partial charge in [-0.05, 0) is 48.9 Å². The van der Waals surface area contributed by atoms with Crippen molar-refractivity contribution < 1.29 is 9.84 Å². The average Bonchev–Trinajstić information content (AvgIpc) is 3.06. The van der Waals surface area contributed by atoms with Gasteiger partial charge >= 0.3 is 0 Å². The van der Waals surface area contributed by atoms with E-state index in [1.54, 1.807) is 0 Å². The third kappa shape index (κ3) is 3.53. The Labute approximate surface area is 181 Å². The van der Waals surface area contributed by atoms with Gasteiger partial charge in [-0.2, -0.15) is 0 Å². The molecule has 0 spiro atoms. The van der Waals surface area contributed by atoms with Crippen LogP contribution in [0.4, 0.5) is 5.82 Å². The number of benzene rings is 2. The van der Waals surface area contributed by atoms with Crippen molar-refractivity contribution in [1.29, 1.82) is 0 Å². The fourth-order valence-corrected chi connectivity index (χ4v) is 4.61. The van der Waals surface area contributed by atoms with Crippen LogP contribution in [-0.4, -0.2) is 26.2 Å². The van der Waals surface area contributed by atoms with Crippen molar-refractivity contribution in [3.63, 3.8) is 0 Å². The van der Waals surface area contributed by atoms with Crippen LogP contribution in [0.2, 0.25) is 0 Å². The number of aliphatic hydroxyl groups excluding tert-OH is 1. The molecule has 5 rings (SSSR count). The van der Waals surface area contributed by atoms with Gasteiger partial charge in [-0.3, -0.25) is 0 Å². The number of hydrogen-bond donors (Lipinski definition) is 2. The summed E-state index contributed by atoms with van der Waals surface area (Å²) in [4.78, 5) is 8.84. The maximum atomic E-state index is 9.46. The summed E-state index contributed by atoms with van der Waals surface area (Å²) in [6.07, 6.45) is 3.42. The van der Waals surface area contributed by atoms with Gasteiger partial charge in [0.15, 0.2) is 0 Å². The number of hydrogen-bond acceptors (Lipinski definition) is 5. The van der Waals surface area contributed by atoms with Gasteiger partial charge in [-0.25, -0.2) is 9.97 Å². The molecule has 1 fully saturated rings. The van der Waals surface area contributed by atoms with E-state index in [-0.39, 0.29) is 6.61 Å². The van der Waals surface area contributed by atoms with E-state index in [0.717, 1.165) is 52.0 Å². The first-order valence-electron chi connectivity index (χ1n) is 10.6. The molecule has 2 aromatic carbocycles. The number of fused-ring (bicyclic) bond motifs is 1. The molecule has 6 nitrogen and oxygen atoms in total. The SMILES string of the molecule is Cc1c(-c2cccc(OCc3ccccc3)c2)c2c(N)ncnc2n1[C@H]1C[C@@H](CO)C1. The average molecular weight is 415 g/mol. The molecule has 0 unspecified atom stereocenters. The van der Waals surface area contributed by atoms with Crippen molar-refractivity contribution in [3.8, 4) is 16.9 Å². The summed E-state index contributed by atoms with van der Waals surface area (Å²) in [5.74, 6) is 1.65. The Bertz CT molecular complexity index is 1210. The fourth-order valence-electron chi connectivity index (χ4n) is 4.61. The Morgan fingerprint density at radius 2 is 1.90 bits per heavy atom. The molecule has 4 aromatic rings. The van der Waals surface area contributed by atoms with Gasteiger partial charge in [0.1, 0.15) is 30.1 Å². The minimum Gasteiger partial charge on any atom is -0.489 e. The van der Waals surface area contributed by atoms with Crippen LogP contribution in [0.15, 0.2) is 60.9 Å². The van der Waals surface area contributed by atoms with Crippen molar-refractivity contribution >= 4 is 16.9 Å². The maximum Gasteiger partial charge on any atom is 0.146 e. The summed E-state index contributed by atoms with van der Waals surface area (Å²) >= 11 is 0. The van der Waals surface area contributed by atoms with Gasteiger partial charge < -0.3 is 20.1 Å². The third-order valence-corrected chi connectivity index (χ3v) is 6.26. The molecule has 3 N–H and O–H groups in total. The van der Waals surface area contributed by atoms with Crippen LogP contribution in [-0.2, 0) is 6.61 Å². The Hall–Kier alpha value is -3.38. The molecule has 0 bridgehead atoms. The van der Waals surface area contributed by atoms with Crippen LogP contribution < -0.4 is 10.5 Å². The van der Waals surface area contributed by atoms with Crippen molar-refractivity contribution in [3.05, 3.63) is 72.2 Å². The molecule has 2 aromatic heterocycles. The Morgan fingerprint density at radius 3 is 2.68 bits per heavy atom. The number of nitrogens with zero attached hydrogens (tertiary/aromatic N) is 3. The Balaban J connectivity index is 1.54. The van der Waals surface area contributed by atoms with Crippen molar-refractivity contribution in [1.82, 2.24) is 14.5 Å². The fraction of sp³-hybridized carbons (Fsp3) is 0.280. The number of rotatable bonds is 6. The molecule has 6 heteroatoms. The molecule has 1 aliphatic carbocycles. The summed E-state index contributed by atoms with van der Waals surface area (Å²) in [5.41, 5.74) is 11.5. The number of aromatic nitrogens is 3. The highest BCUT2D eigenvalue weighted by Crippen LogP contribution is 2.45. The van der Waals surface area contributed by atoms with Crippen molar-refractivity contribution in [2.45, 2.75) is 32.4 Å². The van der Waals surface area contributed by atoms with Gasteiger partial charge in [-0.1, -0.05) is 42.5 Å². The van der Waals surface area contributed by atoms with Crippen LogP contribution >= 0.6 is 0 Å². The molecule has 0 amide bonds. The summed E-state index contributed by atoms with van der Waals surface area (Å²) in [5, 5.41) is 10.3. The zero-order valence-electron chi connectivity index (χ0n) is 17.5. The number of ether oxygens (including phenoxy) is 1. The summed E-state index contributed by atoms with van der Waals surface area (Å²) in [6, 6.07) is 18.6. The van der Waals surface area contributed by atoms with Crippen LogP contribution in [0.25, 0.3) is 22.2 Å². The molecule has 1 aliphatic rings. The first kappa shape index (κ1) is 19.6. The lowest BCUT2D eigenvalue weighted by Gasteiger charge is -2.36. The van der Waals surface area contributed by atoms with Crippen LogP contribution in [0.1, 0.15) is 30.1 Å². The second-order valence-electron chi connectivity index (χ2n) is 8.26. The molecule has 1 saturated carbocycles. The summed E-state index contributed by atoms with van der Waals surface area (Å²) in [7, 11) is 0. The minimum atomic E-state index is 0.236. The normalized spacial score (nSPS) is 18.1. The highest BCUT2D eigenvalue weighted by atomic mass is 16.5. The molecule has 0 atom stereocenters. The number of anilines is 1. The Kier molecular flexibility index (Phi) is 5.08. The monoisotopic (exact) mass is 414 g/mol. The topological polar surface area (TPSA) is 86.2 Å². The van der Waals surface area contributed by atoms with Gasteiger partial charge in [0, 0.05) is 23.9 Å². The number of nitrogen functional groups attached to an aromatic ring is 1. The van der Waals surface area contributed by atoms with Crippen molar-refractivity contribution in [2.24, 2.45) is 5.92 Å². The van der Waals surface area contributed by atoms with E-state index in [1.807, 2.05) is 30.3 Å². The second-order valence-corrected chi connectivity index (χ2v) is 8.26. The molecule has 0 radical (unpaired) electrons. The molecular weight excluding hydrogens is 388 g/mol. The van der Waals surface area contributed by atoms with Crippen LogP contribution in [0.3, 0.4) is 0 Å². The molecule has 158 valence electrons. The summed E-state index contributed by atoms with van der Waals surface area (Å²) in [6.45, 7) is 2.86. The third-order valence-electron chi connectivity index (χ3n) is 6.26. The lowest BCUT2D eigenvalue weighted by Crippen LogP contribution is -2.29. The quantitative estimate of drug-likeness (QED) is 0.485. The van der Waals surface area contributed by atoms with Crippen LogP contribution in [0, 0.1) is 12.8 Å². The first-order chi connectivity index (χ1) is 15.2. The van der Waals surface area contributed by atoms with E-state index < -0.39 is 0 Å². The molecule has 0 saturated heterocycles. The zero-order chi connectivity index (χ0) is 21.4. The highest BCUT2D eigenvalue weighted by molar-refractivity contribution is 6.02. The van der Waals surface area contributed by atoms with Crippen molar-refractivity contribution in [2.75, 3.05) is 12.3 Å². The molecule has 0 aliphatic heterocycles.